The SMILES string of the molecule is CCOc1nc(C(N)=CS(C)(=O)=O)ccc1OC. The molecule has 0 spiro atoms. The minimum atomic E-state index is -3.31. The van der Waals surface area contributed by atoms with Gasteiger partial charge in [-0.15, -0.1) is 0 Å². The van der Waals surface area contributed by atoms with Gasteiger partial charge in [-0.1, -0.05) is 0 Å². The predicted molar refractivity (Wildman–Crippen MR) is 69.0 cm³/mol. The topological polar surface area (TPSA) is 91.5 Å². The van der Waals surface area contributed by atoms with Crippen molar-refractivity contribution in [3.63, 3.8) is 0 Å². The van der Waals surface area contributed by atoms with Crippen LogP contribution >= 0.6 is 0 Å². The molecule has 100 valence electrons. The van der Waals surface area contributed by atoms with Crippen molar-refractivity contribution in [1.29, 1.82) is 0 Å². The third kappa shape index (κ3) is 3.92. The zero-order chi connectivity index (χ0) is 13.8. The zero-order valence-corrected chi connectivity index (χ0v) is 11.3. The summed E-state index contributed by atoms with van der Waals surface area (Å²) < 4.78 is 32.6. The molecule has 0 saturated carbocycles. The largest absolute Gasteiger partial charge is 0.491 e. The molecule has 0 fully saturated rings. The maximum Gasteiger partial charge on any atom is 0.257 e. The van der Waals surface area contributed by atoms with Crippen LogP contribution in [0.1, 0.15) is 12.6 Å². The van der Waals surface area contributed by atoms with Crippen molar-refractivity contribution in [3.8, 4) is 11.6 Å². The van der Waals surface area contributed by atoms with Crippen molar-refractivity contribution in [2.45, 2.75) is 6.92 Å². The fraction of sp³-hybridized carbons (Fsp3) is 0.364. The Kier molecular flexibility index (Phi) is 4.55. The second kappa shape index (κ2) is 5.72. The normalized spacial score (nSPS) is 12.3. The lowest BCUT2D eigenvalue weighted by Crippen LogP contribution is -2.05. The van der Waals surface area contributed by atoms with Crippen LogP contribution in [0, 0.1) is 0 Å². The fourth-order valence-corrected chi connectivity index (χ4v) is 1.86. The first-order valence-corrected chi connectivity index (χ1v) is 7.18. The summed E-state index contributed by atoms with van der Waals surface area (Å²) in [5.74, 6) is 0.745. The van der Waals surface area contributed by atoms with Crippen molar-refractivity contribution < 1.29 is 17.9 Å². The van der Waals surface area contributed by atoms with Gasteiger partial charge in [-0.2, -0.15) is 0 Å². The number of ether oxygens (including phenoxy) is 2. The van der Waals surface area contributed by atoms with Crippen LogP contribution in [0.5, 0.6) is 11.6 Å². The predicted octanol–water partition coefficient (Wildman–Crippen LogP) is 0.791. The highest BCUT2D eigenvalue weighted by molar-refractivity contribution is 7.93. The second-order valence-corrected chi connectivity index (χ2v) is 5.43. The van der Waals surface area contributed by atoms with Gasteiger partial charge in [0, 0.05) is 6.26 Å². The molecule has 0 unspecified atom stereocenters. The van der Waals surface area contributed by atoms with E-state index >= 15 is 0 Å². The molecule has 1 aromatic rings. The number of hydrogen-bond acceptors (Lipinski definition) is 6. The molecule has 1 rings (SSSR count). The molecular weight excluding hydrogens is 256 g/mol. The minimum absolute atomic E-state index is 0.0566. The van der Waals surface area contributed by atoms with Crippen LogP contribution in [0.4, 0.5) is 0 Å². The van der Waals surface area contributed by atoms with Crippen LogP contribution in [0.15, 0.2) is 17.5 Å². The molecule has 1 heterocycles. The Hall–Kier alpha value is -1.76. The lowest BCUT2D eigenvalue weighted by Gasteiger charge is -2.09. The lowest BCUT2D eigenvalue weighted by molar-refractivity contribution is 0.298. The van der Waals surface area contributed by atoms with E-state index in [1.165, 1.54) is 7.11 Å². The first-order chi connectivity index (χ1) is 8.37. The summed E-state index contributed by atoms with van der Waals surface area (Å²) in [6.45, 7) is 2.23. The molecule has 0 radical (unpaired) electrons. The summed E-state index contributed by atoms with van der Waals surface area (Å²) in [7, 11) is -1.82. The van der Waals surface area contributed by atoms with E-state index in [0.29, 0.717) is 18.1 Å². The van der Waals surface area contributed by atoms with Crippen LogP contribution < -0.4 is 15.2 Å². The van der Waals surface area contributed by atoms with E-state index in [2.05, 4.69) is 4.98 Å². The van der Waals surface area contributed by atoms with Gasteiger partial charge in [0.25, 0.3) is 5.88 Å². The monoisotopic (exact) mass is 272 g/mol. The Balaban J connectivity index is 3.19. The number of pyridine rings is 1. The third-order valence-electron chi connectivity index (χ3n) is 1.96. The van der Waals surface area contributed by atoms with Crippen molar-refractivity contribution >= 4 is 15.5 Å². The van der Waals surface area contributed by atoms with Crippen LogP contribution in [-0.4, -0.2) is 33.4 Å². The van der Waals surface area contributed by atoms with Gasteiger partial charge < -0.3 is 15.2 Å². The van der Waals surface area contributed by atoms with E-state index < -0.39 is 9.84 Å². The van der Waals surface area contributed by atoms with E-state index in [1.807, 2.05) is 6.92 Å². The number of methoxy groups -OCH3 is 1. The van der Waals surface area contributed by atoms with E-state index in [1.54, 1.807) is 12.1 Å². The first kappa shape index (κ1) is 14.3. The van der Waals surface area contributed by atoms with Gasteiger partial charge in [0.05, 0.1) is 30.5 Å². The van der Waals surface area contributed by atoms with E-state index in [0.717, 1.165) is 11.7 Å². The molecule has 0 atom stereocenters. The molecule has 0 amide bonds. The molecule has 0 aromatic carbocycles. The highest BCUT2D eigenvalue weighted by Gasteiger charge is 2.10. The van der Waals surface area contributed by atoms with E-state index in [4.69, 9.17) is 15.2 Å². The van der Waals surface area contributed by atoms with Crippen molar-refractivity contribution in [1.82, 2.24) is 4.98 Å². The number of rotatable bonds is 5. The molecule has 2 N–H and O–H groups in total. The number of sulfone groups is 1. The van der Waals surface area contributed by atoms with Crippen LogP contribution in [0.25, 0.3) is 5.70 Å². The maximum atomic E-state index is 11.1. The van der Waals surface area contributed by atoms with Gasteiger partial charge in [-0.25, -0.2) is 13.4 Å². The van der Waals surface area contributed by atoms with Gasteiger partial charge in [-0.05, 0) is 19.1 Å². The van der Waals surface area contributed by atoms with E-state index in [9.17, 15) is 8.42 Å². The Labute approximate surface area is 106 Å². The molecule has 0 aliphatic rings. The zero-order valence-electron chi connectivity index (χ0n) is 10.5. The Morgan fingerprint density at radius 3 is 2.67 bits per heavy atom. The van der Waals surface area contributed by atoms with Crippen molar-refractivity contribution in [2.24, 2.45) is 5.73 Å². The maximum absolute atomic E-state index is 11.1. The quantitative estimate of drug-likeness (QED) is 0.852. The molecule has 7 heteroatoms. The van der Waals surface area contributed by atoms with Crippen LogP contribution in [0.3, 0.4) is 0 Å². The Bertz CT molecular complexity index is 552. The number of aromatic nitrogens is 1. The smallest absolute Gasteiger partial charge is 0.257 e. The van der Waals surface area contributed by atoms with Crippen molar-refractivity contribution in [3.05, 3.63) is 23.2 Å². The van der Waals surface area contributed by atoms with Gasteiger partial charge >= 0.3 is 0 Å². The number of hydrogen-bond donors (Lipinski definition) is 1. The molecule has 0 bridgehead atoms. The second-order valence-electron chi connectivity index (χ2n) is 3.54. The summed E-state index contributed by atoms with van der Waals surface area (Å²) in [6.07, 6.45) is 1.06. The van der Waals surface area contributed by atoms with Gasteiger partial charge in [0.2, 0.25) is 0 Å². The van der Waals surface area contributed by atoms with Crippen LogP contribution in [0.2, 0.25) is 0 Å². The Morgan fingerprint density at radius 2 is 2.17 bits per heavy atom. The van der Waals surface area contributed by atoms with E-state index in [-0.39, 0.29) is 11.6 Å². The molecule has 0 aliphatic carbocycles. The fourth-order valence-electron chi connectivity index (χ4n) is 1.27. The molecule has 6 nitrogen and oxygen atoms in total. The summed E-state index contributed by atoms with van der Waals surface area (Å²) in [6, 6.07) is 3.19. The molecule has 0 aliphatic heterocycles. The highest BCUT2D eigenvalue weighted by atomic mass is 32.2. The molecule has 1 aromatic heterocycles. The minimum Gasteiger partial charge on any atom is -0.491 e. The third-order valence-corrected chi connectivity index (χ3v) is 2.65. The standard InChI is InChI=1S/C11H16N2O4S/c1-4-17-11-10(16-2)6-5-9(13-11)8(12)7-18(3,14)15/h5-7H,4,12H2,1-3H3. The van der Waals surface area contributed by atoms with Gasteiger partial charge in [0.1, 0.15) is 0 Å². The van der Waals surface area contributed by atoms with Gasteiger partial charge in [0.15, 0.2) is 15.6 Å². The first-order valence-electron chi connectivity index (χ1n) is 5.22. The van der Waals surface area contributed by atoms with Crippen LogP contribution in [-0.2, 0) is 9.84 Å². The Morgan fingerprint density at radius 1 is 1.50 bits per heavy atom. The highest BCUT2D eigenvalue weighted by Crippen LogP contribution is 2.25. The van der Waals surface area contributed by atoms with Crippen molar-refractivity contribution in [2.75, 3.05) is 20.0 Å². The average molecular weight is 272 g/mol. The summed E-state index contributed by atoms with van der Waals surface area (Å²) in [4.78, 5) is 4.11. The lowest BCUT2D eigenvalue weighted by atomic mass is 10.3. The summed E-state index contributed by atoms with van der Waals surface area (Å²) in [5.41, 5.74) is 6.04. The molecular formula is C11H16N2O4S. The molecule has 0 saturated heterocycles. The number of nitrogens with zero attached hydrogens (tertiary/aromatic N) is 1. The summed E-state index contributed by atoms with van der Waals surface area (Å²) >= 11 is 0. The van der Waals surface area contributed by atoms with Gasteiger partial charge in [-0.3, -0.25) is 0 Å². The molecule has 18 heavy (non-hydrogen) atoms. The summed E-state index contributed by atoms with van der Waals surface area (Å²) in [5, 5.41) is 0.956. The average Bonchev–Trinajstić information content (AvgIpc) is 2.27. The number of nitrogens with two attached hydrogens (primary N) is 1.